The number of aryl methyl sites for hydroxylation is 1. The van der Waals surface area contributed by atoms with Crippen LogP contribution in [0.5, 0.6) is 0 Å². The highest BCUT2D eigenvalue weighted by atomic mass is 32.2. The minimum absolute atomic E-state index is 0.999. The third-order valence-electron chi connectivity index (χ3n) is 3.08. The van der Waals surface area contributed by atoms with E-state index in [4.69, 9.17) is 0 Å². The molecule has 0 aliphatic carbocycles. The molecule has 90 valence electrons. The molecule has 0 spiro atoms. The van der Waals surface area contributed by atoms with Gasteiger partial charge < -0.3 is 4.40 Å². The Labute approximate surface area is 111 Å². The van der Waals surface area contributed by atoms with Gasteiger partial charge in [0.15, 0.2) is 0 Å². The molecule has 2 aromatic heterocycles. The molecule has 0 aliphatic heterocycles. The standard InChI is InChI=1S/C15H14N2S/c1-11-4-3-5-15-16-14(10-17(11)15)12-6-8-13(18-2)9-7-12/h3-10H,1-2H3. The molecule has 0 fully saturated rings. The van der Waals surface area contributed by atoms with Gasteiger partial charge in [-0.1, -0.05) is 18.2 Å². The van der Waals surface area contributed by atoms with E-state index in [2.05, 4.69) is 59.1 Å². The first kappa shape index (κ1) is 11.4. The van der Waals surface area contributed by atoms with Gasteiger partial charge in [-0.25, -0.2) is 4.98 Å². The maximum absolute atomic E-state index is 4.66. The highest BCUT2D eigenvalue weighted by Gasteiger charge is 2.05. The first-order valence-electron chi connectivity index (χ1n) is 5.87. The van der Waals surface area contributed by atoms with Crippen LogP contribution in [0.25, 0.3) is 16.9 Å². The van der Waals surface area contributed by atoms with Gasteiger partial charge in [-0.3, -0.25) is 0 Å². The Morgan fingerprint density at radius 2 is 1.83 bits per heavy atom. The van der Waals surface area contributed by atoms with E-state index in [0.29, 0.717) is 0 Å². The van der Waals surface area contributed by atoms with Crippen LogP contribution < -0.4 is 0 Å². The maximum atomic E-state index is 4.66. The van der Waals surface area contributed by atoms with Gasteiger partial charge in [-0.2, -0.15) is 0 Å². The number of thioether (sulfide) groups is 1. The average Bonchev–Trinajstić information content (AvgIpc) is 2.84. The Balaban J connectivity index is 2.10. The lowest BCUT2D eigenvalue weighted by Crippen LogP contribution is -1.86. The molecule has 0 amide bonds. The first-order valence-corrected chi connectivity index (χ1v) is 7.09. The van der Waals surface area contributed by atoms with Crippen LogP contribution in [0.15, 0.2) is 53.6 Å². The molecular formula is C15H14N2S. The summed E-state index contributed by atoms with van der Waals surface area (Å²) in [6, 6.07) is 14.7. The maximum Gasteiger partial charge on any atom is 0.137 e. The second kappa shape index (κ2) is 4.50. The van der Waals surface area contributed by atoms with Gasteiger partial charge in [0.05, 0.1) is 5.69 Å². The van der Waals surface area contributed by atoms with Crippen LogP contribution in [0, 0.1) is 6.92 Å². The van der Waals surface area contributed by atoms with E-state index in [1.165, 1.54) is 10.6 Å². The summed E-state index contributed by atoms with van der Waals surface area (Å²) in [6.45, 7) is 2.09. The normalized spacial score (nSPS) is 11.0. The minimum Gasteiger partial charge on any atom is -0.304 e. The van der Waals surface area contributed by atoms with E-state index >= 15 is 0 Å². The van der Waals surface area contributed by atoms with Crippen molar-refractivity contribution in [2.24, 2.45) is 0 Å². The van der Waals surface area contributed by atoms with Crippen molar-refractivity contribution in [1.82, 2.24) is 9.38 Å². The number of rotatable bonds is 2. The van der Waals surface area contributed by atoms with Crippen molar-refractivity contribution in [1.29, 1.82) is 0 Å². The van der Waals surface area contributed by atoms with Crippen molar-refractivity contribution in [2.45, 2.75) is 11.8 Å². The minimum atomic E-state index is 0.999. The number of hydrogen-bond donors (Lipinski definition) is 0. The number of fused-ring (bicyclic) bond motifs is 1. The Hall–Kier alpha value is -1.74. The summed E-state index contributed by atoms with van der Waals surface area (Å²) < 4.78 is 2.12. The summed E-state index contributed by atoms with van der Waals surface area (Å²) in [4.78, 5) is 5.93. The first-order chi connectivity index (χ1) is 8.78. The highest BCUT2D eigenvalue weighted by molar-refractivity contribution is 7.98. The Morgan fingerprint density at radius 1 is 1.06 bits per heavy atom. The fourth-order valence-corrected chi connectivity index (χ4v) is 2.46. The monoisotopic (exact) mass is 254 g/mol. The second-order valence-corrected chi connectivity index (χ2v) is 5.13. The number of nitrogens with zero attached hydrogens (tertiary/aromatic N) is 2. The zero-order valence-corrected chi connectivity index (χ0v) is 11.2. The zero-order valence-electron chi connectivity index (χ0n) is 10.4. The predicted molar refractivity (Wildman–Crippen MR) is 77.1 cm³/mol. The van der Waals surface area contributed by atoms with Gasteiger partial charge in [0.25, 0.3) is 0 Å². The van der Waals surface area contributed by atoms with Crippen molar-refractivity contribution in [3.05, 3.63) is 54.4 Å². The van der Waals surface area contributed by atoms with Crippen molar-refractivity contribution < 1.29 is 0 Å². The molecule has 0 saturated carbocycles. The summed E-state index contributed by atoms with van der Waals surface area (Å²) in [5, 5.41) is 0. The van der Waals surface area contributed by atoms with Crippen LogP contribution in [-0.2, 0) is 0 Å². The van der Waals surface area contributed by atoms with Crippen LogP contribution >= 0.6 is 11.8 Å². The van der Waals surface area contributed by atoms with Crippen molar-refractivity contribution in [3.63, 3.8) is 0 Å². The molecule has 3 rings (SSSR count). The van der Waals surface area contributed by atoms with Crippen LogP contribution in [0.1, 0.15) is 5.69 Å². The lowest BCUT2D eigenvalue weighted by atomic mass is 10.2. The number of aromatic nitrogens is 2. The highest BCUT2D eigenvalue weighted by Crippen LogP contribution is 2.23. The molecule has 2 nitrogen and oxygen atoms in total. The smallest absolute Gasteiger partial charge is 0.137 e. The fraction of sp³-hybridized carbons (Fsp3) is 0.133. The van der Waals surface area contributed by atoms with E-state index in [1.807, 2.05) is 12.1 Å². The van der Waals surface area contributed by atoms with Crippen LogP contribution in [-0.4, -0.2) is 15.6 Å². The number of pyridine rings is 1. The fourth-order valence-electron chi connectivity index (χ4n) is 2.05. The van der Waals surface area contributed by atoms with Gasteiger partial charge >= 0.3 is 0 Å². The third-order valence-corrected chi connectivity index (χ3v) is 3.83. The summed E-state index contributed by atoms with van der Waals surface area (Å²) in [7, 11) is 0. The summed E-state index contributed by atoms with van der Waals surface area (Å²) in [5.74, 6) is 0. The molecule has 0 aliphatic rings. The molecule has 2 heterocycles. The zero-order chi connectivity index (χ0) is 12.5. The molecule has 3 aromatic rings. The quantitative estimate of drug-likeness (QED) is 0.642. The van der Waals surface area contributed by atoms with E-state index < -0.39 is 0 Å². The van der Waals surface area contributed by atoms with Gasteiger partial charge in [0.2, 0.25) is 0 Å². The van der Waals surface area contributed by atoms with Gasteiger partial charge in [-0.05, 0) is 37.4 Å². The molecule has 0 saturated heterocycles. The van der Waals surface area contributed by atoms with E-state index in [0.717, 1.165) is 16.9 Å². The average molecular weight is 254 g/mol. The van der Waals surface area contributed by atoms with Crippen LogP contribution in [0.4, 0.5) is 0 Å². The van der Waals surface area contributed by atoms with Crippen molar-refractivity contribution in [2.75, 3.05) is 6.26 Å². The molecule has 0 N–H and O–H groups in total. The summed E-state index contributed by atoms with van der Waals surface area (Å²) >= 11 is 1.75. The van der Waals surface area contributed by atoms with Crippen molar-refractivity contribution in [3.8, 4) is 11.3 Å². The van der Waals surface area contributed by atoms with Gasteiger partial charge in [0, 0.05) is 22.3 Å². The van der Waals surface area contributed by atoms with Crippen molar-refractivity contribution >= 4 is 17.4 Å². The topological polar surface area (TPSA) is 17.3 Å². The molecule has 0 bridgehead atoms. The molecule has 0 atom stereocenters. The van der Waals surface area contributed by atoms with E-state index in [9.17, 15) is 0 Å². The largest absolute Gasteiger partial charge is 0.304 e. The van der Waals surface area contributed by atoms with E-state index in [-0.39, 0.29) is 0 Å². The summed E-state index contributed by atoms with van der Waals surface area (Å²) in [5.41, 5.74) is 4.39. The van der Waals surface area contributed by atoms with Crippen LogP contribution in [0.3, 0.4) is 0 Å². The molecule has 18 heavy (non-hydrogen) atoms. The second-order valence-electron chi connectivity index (χ2n) is 4.25. The van der Waals surface area contributed by atoms with Crippen LogP contribution in [0.2, 0.25) is 0 Å². The van der Waals surface area contributed by atoms with Gasteiger partial charge in [0.1, 0.15) is 5.65 Å². The Bertz CT molecular complexity index is 683. The summed E-state index contributed by atoms with van der Waals surface area (Å²) in [6.07, 6.45) is 4.18. The lowest BCUT2D eigenvalue weighted by Gasteiger charge is -1.98. The SMILES string of the molecule is CSc1ccc(-c2cn3c(C)cccc3n2)cc1. The molecule has 1 aromatic carbocycles. The predicted octanol–water partition coefficient (Wildman–Crippen LogP) is 4.03. The number of hydrogen-bond acceptors (Lipinski definition) is 2. The Kier molecular flexibility index (Phi) is 2.84. The third kappa shape index (κ3) is 1.91. The van der Waals surface area contributed by atoms with Gasteiger partial charge in [-0.15, -0.1) is 11.8 Å². The number of imidazole rings is 1. The molecule has 0 radical (unpaired) electrons. The molecular weight excluding hydrogens is 240 g/mol. The molecule has 0 unspecified atom stereocenters. The number of benzene rings is 1. The Morgan fingerprint density at radius 3 is 2.50 bits per heavy atom. The molecule has 3 heteroatoms. The lowest BCUT2D eigenvalue weighted by molar-refractivity contribution is 1.09. The van der Waals surface area contributed by atoms with E-state index in [1.54, 1.807) is 11.8 Å².